The van der Waals surface area contributed by atoms with Gasteiger partial charge in [-0.15, -0.1) is 10.2 Å². The minimum Gasteiger partial charge on any atom is -0.350 e. The van der Waals surface area contributed by atoms with Crippen molar-refractivity contribution < 1.29 is 22.6 Å². The lowest BCUT2D eigenvalue weighted by Gasteiger charge is -2.06. The van der Waals surface area contributed by atoms with Crippen LogP contribution in [0, 0.1) is 0 Å². The molecule has 1 saturated heterocycles. The summed E-state index contributed by atoms with van der Waals surface area (Å²) >= 11 is 0. The predicted octanol–water partition coefficient (Wildman–Crippen LogP) is 2.18. The molecule has 2 aromatic rings. The summed E-state index contributed by atoms with van der Waals surface area (Å²) in [6, 6.07) is 2.25. The Hall–Kier alpha value is -1.67. The van der Waals surface area contributed by atoms with Crippen LogP contribution in [-0.4, -0.2) is 27.5 Å². The lowest BCUT2D eigenvalue weighted by molar-refractivity contribution is -0.137. The highest BCUT2D eigenvalue weighted by Crippen LogP contribution is 2.39. The SMILES string of the molecule is CCOC1OC1c1nnc2ccc(C(F)(F)F)cn12. The Labute approximate surface area is 105 Å². The summed E-state index contributed by atoms with van der Waals surface area (Å²) in [5, 5.41) is 7.66. The largest absolute Gasteiger partial charge is 0.417 e. The molecule has 2 unspecified atom stereocenters. The molecule has 0 bridgehead atoms. The molecule has 0 N–H and O–H groups in total. The number of hydrogen-bond donors (Lipinski definition) is 0. The van der Waals surface area contributed by atoms with E-state index < -0.39 is 24.1 Å². The smallest absolute Gasteiger partial charge is 0.350 e. The molecule has 2 aromatic heterocycles. The molecule has 3 rings (SSSR count). The number of nitrogens with zero attached hydrogens (tertiary/aromatic N) is 3. The zero-order valence-electron chi connectivity index (χ0n) is 9.89. The topological polar surface area (TPSA) is 52.0 Å². The van der Waals surface area contributed by atoms with E-state index in [0.717, 1.165) is 12.3 Å². The van der Waals surface area contributed by atoms with Crippen LogP contribution < -0.4 is 0 Å². The molecule has 0 spiro atoms. The first-order chi connectivity index (χ1) is 9.00. The van der Waals surface area contributed by atoms with Gasteiger partial charge in [-0.2, -0.15) is 13.2 Å². The maximum absolute atomic E-state index is 12.7. The zero-order valence-corrected chi connectivity index (χ0v) is 9.89. The third-order valence-electron chi connectivity index (χ3n) is 2.79. The fraction of sp³-hybridized carbons (Fsp3) is 0.455. The van der Waals surface area contributed by atoms with Gasteiger partial charge in [-0.1, -0.05) is 0 Å². The summed E-state index contributed by atoms with van der Waals surface area (Å²) in [7, 11) is 0. The molecule has 0 aliphatic carbocycles. The number of pyridine rings is 1. The van der Waals surface area contributed by atoms with Gasteiger partial charge in [0.05, 0.1) is 5.56 Å². The molecule has 5 nitrogen and oxygen atoms in total. The van der Waals surface area contributed by atoms with E-state index in [4.69, 9.17) is 9.47 Å². The van der Waals surface area contributed by atoms with E-state index in [9.17, 15) is 13.2 Å². The Morgan fingerprint density at radius 1 is 1.37 bits per heavy atom. The predicted molar refractivity (Wildman–Crippen MR) is 57.2 cm³/mol. The highest BCUT2D eigenvalue weighted by Gasteiger charge is 2.45. The Morgan fingerprint density at radius 3 is 2.84 bits per heavy atom. The molecule has 2 atom stereocenters. The third-order valence-corrected chi connectivity index (χ3v) is 2.79. The fourth-order valence-electron chi connectivity index (χ4n) is 1.84. The summed E-state index contributed by atoms with van der Waals surface area (Å²) in [4.78, 5) is 0. The number of fused-ring (bicyclic) bond motifs is 1. The monoisotopic (exact) mass is 273 g/mol. The van der Waals surface area contributed by atoms with Crippen molar-refractivity contribution in [1.29, 1.82) is 0 Å². The van der Waals surface area contributed by atoms with Crippen LogP contribution in [0.2, 0.25) is 0 Å². The van der Waals surface area contributed by atoms with Crippen molar-refractivity contribution in [1.82, 2.24) is 14.6 Å². The van der Waals surface area contributed by atoms with Crippen LogP contribution in [0.4, 0.5) is 13.2 Å². The van der Waals surface area contributed by atoms with E-state index in [1.807, 2.05) is 6.92 Å². The minimum atomic E-state index is -4.40. The highest BCUT2D eigenvalue weighted by atomic mass is 19.4. The van der Waals surface area contributed by atoms with Crippen LogP contribution in [0.1, 0.15) is 24.4 Å². The number of ether oxygens (including phenoxy) is 2. The summed E-state index contributed by atoms with van der Waals surface area (Å²) in [5.41, 5.74) is -0.414. The van der Waals surface area contributed by atoms with Crippen molar-refractivity contribution in [3.8, 4) is 0 Å². The molecular weight excluding hydrogens is 263 g/mol. The van der Waals surface area contributed by atoms with Crippen LogP contribution in [0.5, 0.6) is 0 Å². The molecule has 0 amide bonds. The van der Waals surface area contributed by atoms with E-state index in [2.05, 4.69) is 10.2 Å². The average molecular weight is 273 g/mol. The van der Waals surface area contributed by atoms with Gasteiger partial charge >= 0.3 is 6.18 Å². The zero-order chi connectivity index (χ0) is 13.6. The molecule has 0 radical (unpaired) electrons. The first kappa shape index (κ1) is 12.4. The lowest BCUT2D eigenvalue weighted by atomic mass is 10.2. The highest BCUT2D eigenvalue weighted by molar-refractivity contribution is 5.40. The molecular formula is C11H10F3N3O2. The number of aromatic nitrogens is 3. The van der Waals surface area contributed by atoms with Crippen LogP contribution in [-0.2, 0) is 15.7 Å². The molecule has 0 aromatic carbocycles. The Bertz CT molecular complexity index is 611. The Balaban J connectivity index is 1.98. The maximum atomic E-state index is 12.7. The van der Waals surface area contributed by atoms with Gasteiger partial charge in [-0.3, -0.25) is 4.40 Å². The molecule has 1 aliphatic rings. The summed E-state index contributed by atoms with van der Waals surface area (Å²) < 4.78 is 49.7. The van der Waals surface area contributed by atoms with Crippen molar-refractivity contribution >= 4 is 5.65 Å². The quantitative estimate of drug-likeness (QED) is 0.804. The van der Waals surface area contributed by atoms with E-state index in [1.165, 1.54) is 10.5 Å². The Morgan fingerprint density at radius 2 is 2.16 bits per heavy atom. The minimum absolute atomic E-state index is 0.319. The number of hydrogen-bond acceptors (Lipinski definition) is 4. The standard InChI is InChI=1S/C11H10F3N3O2/c1-2-18-10-8(19-10)9-16-15-7-4-3-6(5-17(7)9)11(12,13)14/h3-5,8,10H,2H2,1H3. The fourth-order valence-corrected chi connectivity index (χ4v) is 1.84. The van der Waals surface area contributed by atoms with Gasteiger partial charge in [0.1, 0.15) is 0 Å². The number of rotatable bonds is 3. The van der Waals surface area contributed by atoms with E-state index in [0.29, 0.717) is 18.1 Å². The molecule has 8 heteroatoms. The lowest BCUT2D eigenvalue weighted by Crippen LogP contribution is -2.07. The van der Waals surface area contributed by atoms with Gasteiger partial charge in [0, 0.05) is 12.8 Å². The summed E-state index contributed by atoms with van der Waals surface area (Å²) in [6.45, 7) is 2.27. The van der Waals surface area contributed by atoms with Gasteiger partial charge in [-0.05, 0) is 19.1 Å². The van der Waals surface area contributed by atoms with Crippen LogP contribution in [0.15, 0.2) is 18.3 Å². The number of alkyl halides is 3. The van der Waals surface area contributed by atoms with Gasteiger partial charge in [0.15, 0.2) is 23.9 Å². The Kier molecular flexibility index (Phi) is 2.72. The van der Waals surface area contributed by atoms with E-state index in [1.54, 1.807) is 0 Å². The normalized spacial score (nSPS) is 22.9. The molecule has 1 fully saturated rings. The van der Waals surface area contributed by atoms with E-state index >= 15 is 0 Å². The van der Waals surface area contributed by atoms with Crippen molar-refractivity contribution in [3.63, 3.8) is 0 Å². The second-order valence-electron chi connectivity index (χ2n) is 4.08. The van der Waals surface area contributed by atoms with Gasteiger partial charge < -0.3 is 9.47 Å². The molecule has 102 valence electrons. The van der Waals surface area contributed by atoms with Crippen LogP contribution >= 0.6 is 0 Å². The van der Waals surface area contributed by atoms with Crippen molar-refractivity contribution in [2.24, 2.45) is 0 Å². The third kappa shape index (κ3) is 2.17. The summed E-state index contributed by atoms with van der Waals surface area (Å²) in [5.74, 6) is 0.319. The van der Waals surface area contributed by atoms with Crippen molar-refractivity contribution in [2.75, 3.05) is 6.61 Å². The number of epoxide rings is 1. The molecule has 1 aliphatic heterocycles. The van der Waals surface area contributed by atoms with Crippen molar-refractivity contribution in [3.05, 3.63) is 29.7 Å². The van der Waals surface area contributed by atoms with Crippen LogP contribution in [0.25, 0.3) is 5.65 Å². The van der Waals surface area contributed by atoms with Gasteiger partial charge in [0.2, 0.25) is 0 Å². The second-order valence-corrected chi connectivity index (χ2v) is 4.08. The molecule has 3 heterocycles. The van der Waals surface area contributed by atoms with Crippen molar-refractivity contribution in [2.45, 2.75) is 25.5 Å². The maximum Gasteiger partial charge on any atom is 0.417 e. The van der Waals surface area contributed by atoms with E-state index in [-0.39, 0.29) is 0 Å². The second kappa shape index (κ2) is 4.17. The summed E-state index contributed by atoms with van der Waals surface area (Å²) in [6.07, 6.45) is -4.35. The average Bonchev–Trinajstić information content (AvgIpc) is 2.98. The molecule has 19 heavy (non-hydrogen) atoms. The number of halogens is 3. The van der Waals surface area contributed by atoms with Crippen LogP contribution in [0.3, 0.4) is 0 Å². The molecule has 0 saturated carbocycles. The first-order valence-electron chi connectivity index (χ1n) is 5.69. The van der Waals surface area contributed by atoms with Gasteiger partial charge in [0.25, 0.3) is 0 Å². The first-order valence-corrected chi connectivity index (χ1v) is 5.69. The van der Waals surface area contributed by atoms with Gasteiger partial charge in [-0.25, -0.2) is 0 Å².